The Kier molecular flexibility index (Phi) is 7.76. The van der Waals surface area contributed by atoms with Gasteiger partial charge in [-0.25, -0.2) is 0 Å². The van der Waals surface area contributed by atoms with Gasteiger partial charge in [0.25, 0.3) is 11.8 Å². The van der Waals surface area contributed by atoms with E-state index in [0.29, 0.717) is 22.3 Å². The number of carbonyl (C=O) groups excluding carboxylic acids is 2. The van der Waals surface area contributed by atoms with E-state index in [1.54, 1.807) is 30.3 Å². The Labute approximate surface area is 186 Å². The Balaban J connectivity index is 1.89. The molecule has 170 valence electrons. The van der Waals surface area contributed by atoms with Crippen LogP contribution in [0.15, 0.2) is 42.5 Å². The first-order chi connectivity index (χ1) is 15.4. The van der Waals surface area contributed by atoms with Crippen molar-refractivity contribution >= 4 is 24.0 Å². The normalized spacial score (nSPS) is 23.2. The van der Waals surface area contributed by atoms with Crippen LogP contribution in [-0.2, 0) is 4.74 Å². The molecule has 3 rings (SSSR count). The molecule has 32 heavy (non-hydrogen) atoms. The number of aliphatic hydroxyl groups is 3. The zero-order chi connectivity index (χ0) is 23.3. The van der Waals surface area contributed by atoms with Crippen LogP contribution in [0.5, 0.6) is 0 Å². The number of aliphatic hydroxyl groups excluding tert-OH is 3. The molecule has 4 atom stereocenters. The second-order valence-electron chi connectivity index (χ2n) is 7.66. The maximum atomic E-state index is 12.1. The van der Waals surface area contributed by atoms with Gasteiger partial charge < -0.3 is 30.7 Å². The van der Waals surface area contributed by atoms with Crippen molar-refractivity contribution in [2.24, 2.45) is 0 Å². The average molecular weight is 440 g/mol. The number of ether oxygens (including phenoxy) is 1. The SMILES string of the molecule is CNC(=O)c1cc(/C=C/c2cccc([C@H]3O[C@H](CO)C[C@H](O)[C@@H]3O)c2)cc(C(=O)NC)c1. The summed E-state index contributed by atoms with van der Waals surface area (Å²) in [4.78, 5) is 24.2. The van der Waals surface area contributed by atoms with Crippen LogP contribution in [0.3, 0.4) is 0 Å². The Bertz CT molecular complexity index is 971. The predicted octanol–water partition coefficient (Wildman–Crippen LogP) is 1.12. The van der Waals surface area contributed by atoms with Gasteiger partial charge in [-0.2, -0.15) is 0 Å². The van der Waals surface area contributed by atoms with Gasteiger partial charge in [0.2, 0.25) is 0 Å². The summed E-state index contributed by atoms with van der Waals surface area (Å²) in [6.07, 6.45) is 0.366. The zero-order valence-corrected chi connectivity index (χ0v) is 18.0. The minimum absolute atomic E-state index is 0.170. The molecule has 1 fully saturated rings. The van der Waals surface area contributed by atoms with Crippen molar-refractivity contribution in [1.29, 1.82) is 0 Å². The molecule has 8 heteroatoms. The van der Waals surface area contributed by atoms with E-state index in [-0.39, 0.29) is 24.8 Å². The van der Waals surface area contributed by atoms with E-state index in [9.17, 15) is 24.9 Å². The van der Waals surface area contributed by atoms with E-state index >= 15 is 0 Å². The second kappa shape index (κ2) is 10.5. The van der Waals surface area contributed by atoms with E-state index in [1.807, 2.05) is 18.2 Å². The summed E-state index contributed by atoms with van der Waals surface area (Å²) >= 11 is 0. The van der Waals surface area contributed by atoms with Crippen LogP contribution < -0.4 is 10.6 Å². The molecule has 0 spiro atoms. The van der Waals surface area contributed by atoms with Crippen molar-refractivity contribution in [2.75, 3.05) is 20.7 Å². The van der Waals surface area contributed by atoms with Crippen LogP contribution in [-0.4, -0.2) is 66.1 Å². The molecule has 1 aliphatic heterocycles. The summed E-state index contributed by atoms with van der Waals surface area (Å²) < 4.78 is 5.76. The molecule has 0 bridgehead atoms. The maximum Gasteiger partial charge on any atom is 0.251 e. The highest BCUT2D eigenvalue weighted by Gasteiger charge is 2.37. The molecule has 1 aliphatic rings. The van der Waals surface area contributed by atoms with E-state index in [2.05, 4.69) is 10.6 Å². The number of benzene rings is 2. The van der Waals surface area contributed by atoms with Gasteiger partial charge in [0.15, 0.2) is 0 Å². The van der Waals surface area contributed by atoms with Gasteiger partial charge in [0, 0.05) is 31.6 Å². The molecule has 0 aromatic heterocycles. The topological polar surface area (TPSA) is 128 Å². The third-order valence-corrected chi connectivity index (χ3v) is 5.39. The lowest BCUT2D eigenvalue weighted by molar-refractivity contribution is -0.179. The number of amides is 2. The van der Waals surface area contributed by atoms with Crippen LogP contribution in [0.25, 0.3) is 12.2 Å². The number of nitrogens with one attached hydrogen (secondary N) is 2. The molecule has 2 aromatic rings. The highest BCUT2D eigenvalue weighted by Crippen LogP contribution is 2.32. The van der Waals surface area contributed by atoms with E-state index in [1.165, 1.54) is 20.2 Å². The van der Waals surface area contributed by atoms with Crippen LogP contribution in [0.2, 0.25) is 0 Å². The fraction of sp³-hybridized carbons (Fsp3) is 0.333. The Morgan fingerprint density at radius 3 is 2.22 bits per heavy atom. The molecular formula is C24H28N2O6. The number of rotatable bonds is 6. The third kappa shape index (κ3) is 5.41. The molecule has 0 radical (unpaired) electrons. The van der Waals surface area contributed by atoms with Crippen molar-refractivity contribution in [2.45, 2.75) is 30.8 Å². The van der Waals surface area contributed by atoms with Crippen LogP contribution in [0.4, 0.5) is 0 Å². The first-order valence-corrected chi connectivity index (χ1v) is 10.4. The van der Waals surface area contributed by atoms with Gasteiger partial charge in [-0.05, 0) is 41.0 Å². The summed E-state index contributed by atoms with van der Waals surface area (Å²) in [5.74, 6) is -0.597. The third-order valence-electron chi connectivity index (χ3n) is 5.39. The van der Waals surface area contributed by atoms with Crippen molar-refractivity contribution < 1.29 is 29.6 Å². The molecule has 5 N–H and O–H groups in total. The van der Waals surface area contributed by atoms with E-state index < -0.39 is 24.4 Å². The molecule has 0 unspecified atom stereocenters. The first kappa shape index (κ1) is 23.6. The molecule has 2 aromatic carbocycles. The summed E-state index contributed by atoms with van der Waals surface area (Å²) in [6.45, 7) is -0.241. The Morgan fingerprint density at radius 2 is 1.62 bits per heavy atom. The summed E-state index contributed by atoms with van der Waals surface area (Å²) in [7, 11) is 3.05. The highest BCUT2D eigenvalue weighted by molar-refractivity contribution is 6.00. The monoisotopic (exact) mass is 440 g/mol. The van der Waals surface area contributed by atoms with Crippen LogP contribution >= 0.6 is 0 Å². The van der Waals surface area contributed by atoms with Crippen molar-refractivity contribution in [3.8, 4) is 0 Å². The maximum absolute atomic E-state index is 12.1. The molecule has 2 amide bonds. The number of carbonyl (C=O) groups is 2. The summed E-state index contributed by atoms with van der Waals surface area (Å²) in [5, 5.41) is 35.0. The summed E-state index contributed by atoms with van der Waals surface area (Å²) in [6, 6.07) is 12.2. The smallest absolute Gasteiger partial charge is 0.251 e. The summed E-state index contributed by atoms with van der Waals surface area (Å²) in [5.41, 5.74) is 2.86. The standard InChI is InChI=1S/C24H28N2O6/c1-25-23(30)17-9-15(10-18(11-17)24(31)26-2)7-6-14-4-3-5-16(8-14)22-21(29)20(28)12-19(13-27)32-22/h3-11,19-22,27-29H,12-13H2,1-2H3,(H,25,30)(H,26,31)/b7-6+/t19-,20-,21-,22+/m0/s1. The zero-order valence-electron chi connectivity index (χ0n) is 18.0. The molecular weight excluding hydrogens is 412 g/mol. The highest BCUT2D eigenvalue weighted by atomic mass is 16.5. The second-order valence-corrected chi connectivity index (χ2v) is 7.66. The lowest BCUT2D eigenvalue weighted by Gasteiger charge is -2.36. The van der Waals surface area contributed by atoms with Gasteiger partial charge in [-0.15, -0.1) is 0 Å². The predicted molar refractivity (Wildman–Crippen MR) is 120 cm³/mol. The average Bonchev–Trinajstić information content (AvgIpc) is 2.83. The number of hydrogen-bond acceptors (Lipinski definition) is 6. The van der Waals surface area contributed by atoms with E-state index in [0.717, 1.165) is 5.56 Å². The van der Waals surface area contributed by atoms with Crippen molar-refractivity contribution in [1.82, 2.24) is 10.6 Å². The Hall–Kier alpha value is -3.04. The number of hydrogen-bond donors (Lipinski definition) is 5. The van der Waals surface area contributed by atoms with Crippen molar-refractivity contribution in [3.63, 3.8) is 0 Å². The van der Waals surface area contributed by atoms with Crippen LogP contribution in [0, 0.1) is 0 Å². The minimum Gasteiger partial charge on any atom is -0.394 e. The quantitative estimate of drug-likeness (QED) is 0.428. The Morgan fingerprint density at radius 1 is 1.00 bits per heavy atom. The molecule has 1 heterocycles. The fourth-order valence-corrected chi connectivity index (χ4v) is 3.68. The lowest BCUT2D eigenvalue weighted by atomic mass is 9.92. The minimum atomic E-state index is -1.10. The van der Waals surface area contributed by atoms with Gasteiger partial charge in [0.1, 0.15) is 12.2 Å². The van der Waals surface area contributed by atoms with E-state index in [4.69, 9.17) is 4.74 Å². The van der Waals surface area contributed by atoms with Crippen LogP contribution in [0.1, 0.15) is 49.9 Å². The first-order valence-electron chi connectivity index (χ1n) is 10.4. The molecule has 0 saturated carbocycles. The van der Waals surface area contributed by atoms with Crippen molar-refractivity contribution in [3.05, 3.63) is 70.3 Å². The van der Waals surface area contributed by atoms with Gasteiger partial charge in [0.05, 0.1) is 18.8 Å². The molecule has 0 aliphatic carbocycles. The van der Waals surface area contributed by atoms with Gasteiger partial charge in [-0.1, -0.05) is 30.4 Å². The lowest BCUT2D eigenvalue weighted by Crippen LogP contribution is -2.44. The largest absolute Gasteiger partial charge is 0.394 e. The molecule has 8 nitrogen and oxygen atoms in total. The van der Waals surface area contributed by atoms with Gasteiger partial charge >= 0.3 is 0 Å². The van der Waals surface area contributed by atoms with Gasteiger partial charge in [-0.3, -0.25) is 9.59 Å². The molecule has 1 saturated heterocycles. The fourth-order valence-electron chi connectivity index (χ4n) is 3.68.